The minimum Gasteiger partial charge on any atom is -0.330 e. The van der Waals surface area contributed by atoms with Crippen LogP contribution >= 0.6 is 0 Å². The van der Waals surface area contributed by atoms with Crippen LogP contribution in [0.5, 0.6) is 0 Å². The number of carbonyl (C=O) groups is 2. The van der Waals surface area contributed by atoms with Gasteiger partial charge in [0, 0.05) is 12.6 Å². The quantitative estimate of drug-likeness (QED) is 0.823. The minimum atomic E-state index is -0.647. The van der Waals surface area contributed by atoms with Crippen molar-refractivity contribution in [3.8, 4) is 0 Å². The number of halogens is 1. The molecule has 0 spiro atoms. The molecule has 3 amide bonds. The first kappa shape index (κ1) is 18.2. The maximum atomic E-state index is 13.7. The average molecular weight is 357 g/mol. The number of carbonyl (C=O) groups excluding carboxylic acids is 2. The summed E-state index contributed by atoms with van der Waals surface area (Å²) in [4.78, 5) is 29.1. The number of urea groups is 1. The number of benzene rings is 1. The predicted molar refractivity (Wildman–Crippen MR) is 97.6 cm³/mol. The lowest BCUT2D eigenvalue weighted by molar-refractivity contribution is -0.128. The Morgan fingerprint density at radius 1 is 1.35 bits per heavy atom. The molecule has 138 valence electrons. The zero-order valence-corrected chi connectivity index (χ0v) is 15.3. The molecule has 3 rings (SSSR count). The van der Waals surface area contributed by atoms with Gasteiger partial charge in [-0.3, -0.25) is 9.69 Å². The van der Waals surface area contributed by atoms with Gasteiger partial charge in [0.25, 0.3) is 5.91 Å². The number of nitrogens with one attached hydrogen (secondary N) is 1. The van der Waals surface area contributed by atoms with E-state index in [0.717, 1.165) is 0 Å². The van der Waals surface area contributed by atoms with Gasteiger partial charge in [0.15, 0.2) is 0 Å². The molecule has 0 saturated heterocycles. The lowest BCUT2D eigenvalue weighted by atomic mass is 9.95. The van der Waals surface area contributed by atoms with E-state index in [4.69, 9.17) is 0 Å². The molecule has 6 heteroatoms. The van der Waals surface area contributed by atoms with Crippen molar-refractivity contribution < 1.29 is 14.0 Å². The maximum Gasteiger partial charge on any atom is 0.322 e. The van der Waals surface area contributed by atoms with Crippen LogP contribution in [-0.2, 0) is 4.79 Å². The lowest BCUT2D eigenvalue weighted by Crippen LogP contribution is -2.47. The van der Waals surface area contributed by atoms with Crippen molar-refractivity contribution >= 4 is 11.9 Å². The highest BCUT2D eigenvalue weighted by Gasteiger charge is 2.45. The van der Waals surface area contributed by atoms with E-state index in [-0.39, 0.29) is 23.9 Å². The van der Waals surface area contributed by atoms with E-state index in [0.29, 0.717) is 29.9 Å². The zero-order valence-electron chi connectivity index (χ0n) is 15.3. The molecule has 0 aliphatic carbocycles. The SMILES string of the molecule is C=CCN1C(=O)NC(c2cccc(F)c2)C2=C1CN(C(C)C(C)C)C2=O. The summed E-state index contributed by atoms with van der Waals surface area (Å²) in [6, 6.07) is 5.10. The van der Waals surface area contributed by atoms with Crippen LogP contribution in [0.4, 0.5) is 9.18 Å². The van der Waals surface area contributed by atoms with Crippen LogP contribution in [0.25, 0.3) is 0 Å². The van der Waals surface area contributed by atoms with Crippen LogP contribution in [0, 0.1) is 11.7 Å². The molecule has 5 nitrogen and oxygen atoms in total. The van der Waals surface area contributed by atoms with Crippen molar-refractivity contribution in [2.24, 2.45) is 5.92 Å². The second-order valence-electron chi connectivity index (χ2n) is 7.11. The summed E-state index contributed by atoms with van der Waals surface area (Å²) in [5.41, 5.74) is 1.77. The first-order valence-electron chi connectivity index (χ1n) is 8.83. The molecule has 0 aromatic heterocycles. The van der Waals surface area contributed by atoms with Gasteiger partial charge >= 0.3 is 6.03 Å². The number of hydrogen-bond donors (Lipinski definition) is 1. The molecule has 1 aromatic rings. The van der Waals surface area contributed by atoms with Gasteiger partial charge in [0.1, 0.15) is 5.82 Å². The fourth-order valence-corrected chi connectivity index (χ4v) is 3.46. The van der Waals surface area contributed by atoms with Crippen molar-refractivity contribution in [1.29, 1.82) is 0 Å². The first-order chi connectivity index (χ1) is 12.3. The van der Waals surface area contributed by atoms with Gasteiger partial charge in [-0.1, -0.05) is 32.1 Å². The molecule has 2 heterocycles. The second-order valence-corrected chi connectivity index (χ2v) is 7.11. The molecule has 26 heavy (non-hydrogen) atoms. The Balaban J connectivity index is 2.07. The Morgan fingerprint density at radius 3 is 2.69 bits per heavy atom. The molecular formula is C20H24FN3O2. The maximum absolute atomic E-state index is 13.7. The van der Waals surface area contributed by atoms with E-state index in [1.165, 1.54) is 12.1 Å². The Bertz CT molecular complexity index is 787. The summed E-state index contributed by atoms with van der Waals surface area (Å²) in [6.45, 7) is 10.5. The molecule has 1 N–H and O–H groups in total. The van der Waals surface area contributed by atoms with Crippen LogP contribution in [0.15, 0.2) is 48.2 Å². The standard InChI is InChI=1S/C20H24FN3O2/c1-5-9-23-16-11-24(13(4)12(2)3)19(25)17(16)18(22-20(23)26)14-7-6-8-15(21)10-14/h5-8,10,12-13,18H,1,9,11H2,2-4H3,(H,22,26). The zero-order chi connectivity index (χ0) is 19.0. The molecule has 2 unspecified atom stereocenters. The Morgan fingerprint density at radius 2 is 2.08 bits per heavy atom. The molecule has 2 aliphatic heterocycles. The first-order valence-corrected chi connectivity index (χ1v) is 8.83. The number of hydrogen-bond acceptors (Lipinski definition) is 2. The third-order valence-corrected chi connectivity index (χ3v) is 5.20. The van der Waals surface area contributed by atoms with E-state index in [1.54, 1.807) is 28.0 Å². The number of nitrogens with zero attached hydrogens (tertiary/aromatic N) is 2. The Hall–Kier alpha value is -2.63. The van der Waals surface area contributed by atoms with Crippen LogP contribution in [0.2, 0.25) is 0 Å². The fourth-order valence-electron chi connectivity index (χ4n) is 3.46. The van der Waals surface area contributed by atoms with Crippen molar-refractivity contribution in [2.75, 3.05) is 13.1 Å². The molecule has 0 fully saturated rings. The van der Waals surface area contributed by atoms with Crippen molar-refractivity contribution in [3.63, 3.8) is 0 Å². The molecular weight excluding hydrogens is 333 g/mol. The third kappa shape index (κ3) is 3.00. The van der Waals surface area contributed by atoms with E-state index in [2.05, 4.69) is 25.7 Å². The third-order valence-electron chi connectivity index (χ3n) is 5.20. The lowest BCUT2D eigenvalue weighted by Gasteiger charge is -2.33. The van der Waals surface area contributed by atoms with Crippen LogP contribution in [0.1, 0.15) is 32.4 Å². The molecule has 0 saturated carbocycles. The van der Waals surface area contributed by atoms with Crippen molar-refractivity contribution in [1.82, 2.24) is 15.1 Å². The summed E-state index contributed by atoms with van der Waals surface area (Å²) in [6.07, 6.45) is 1.63. The molecule has 2 atom stereocenters. The van der Waals surface area contributed by atoms with E-state index < -0.39 is 11.9 Å². The average Bonchev–Trinajstić information content (AvgIpc) is 2.94. The minimum absolute atomic E-state index is 0.0296. The van der Waals surface area contributed by atoms with Gasteiger partial charge < -0.3 is 10.2 Å². The normalized spacial score (nSPS) is 21.2. The fraction of sp³-hybridized carbons (Fsp3) is 0.400. The molecule has 1 aromatic carbocycles. The number of amides is 3. The van der Waals surface area contributed by atoms with E-state index in [1.807, 2.05) is 6.92 Å². The van der Waals surface area contributed by atoms with Crippen LogP contribution in [0.3, 0.4) is 0 Å². The van der Waals surface area contributed by atoms with Crippen molar-refractivity contribution in [2.45, 2.75) is 32.9 Å². The summed E-state index contributed by atoms with van der Waals surface area (Å²) < 4.78 is 13.7. The molecule has 2 aliphatic rings. The summed E-state index contributed by atoms with van der Waals surface area (Å²) in [5, 5.41) is 2.85. The van der Waals surface area contributed by atoms with Gasteiger partial charge in [-0.05, 0) is 30.5 Å². The predicted octanol–water partition coefficient (Wildman–Crippen LogP) is 3.22. The summed E-state index contributed by atoms with van der Waals surface area (Å²) >= 11 is 0. The molecule has 0 bridgehead atoms. The highest BCUT2D eigenvalue weighted by molar-refractivity contribution is 6.01. The van der Waals surface area contributed by atoms with Gasteiger partial charge in [-0.25, -0.2) is 9.18 Å². The van der Waals surface area contributed by atoms with Gasteiger partial charge in [-0.15, -0.1) is 6.58 Å². The smallest absolute Gasteiger partial charge is 0.322 e. The van der Waals surface area contributed by atoms with E-state index >= 15 is 0 Å². The van der Waals surface area contributed by atoms with E-state index in [9.17, 15) is 14.0 Å². The van der Waals surface area contributed by atoms with Gasteiger partial charge in [0.05, 0.1) is 23.9 Å². The van der Waals surface area contributed by atoms with Gasteiger partial charge in [-0.2, -0.15) is 0 Å². The largest absolute Gasteiger partial charge is 0.330 e. The van der Waals surface area contributed by atoms with Crippen LogP contribution < -0.4 is 5.32 Å². The highest BCUT2D eigenvalue weighted by atomic mass is 19.1. The summed E-state index contributed by atoms with van der Waals surface area (Å²) in [7, 11) is 0. The summed E-state index contributed by atoms with van der Waals surface area (Å²) in [5.74, 6) is -0.223. The number of rotatable bonds is 5. The monoisotopic (exact) mass is 357 g/mol. The topological polar surface area (TPSA) is 52.7 Å². The molecule has 0 radical (unpaired) electrons. The Kier molecular flexibility index (Phi) is 4.85. The van der Waals surface area contributed by atoms with Crippen LogP contribution in [-0.4, -0.2) is 40.9 Å². The van der Waals surface area contributed by atoms with Gasteiger partial charge in [0.2, 0.25) is 0 Å². The highest BCUT2D eigenvalue weighted by Crippen LogP contribution is 2.37. The van der Waals surface area contributed by atoms with Crippen molar-refractivity contribution in [3.05, 3.63) is 59.6 Å². The Labute approximate surface area is 153 Å². The second kappa shape index (κ2) is 6.94.